The van der Waals surface area contributed by atoms with E-state index in [-0.39, 0.29) is 24.3 Å². The van der Waals surface area contributed by atoms with E-state index in [9.17, 15) is 9.59 Å². The van der Waals surface area contributed by atoms with E-state index in [1.54, 1.807) is 56.8 Å². The molecule has 0 radical (unpaired) electrons. The van der Waals surface area contributed by atoms with Gasteiger partial charge in [0, 0.05) is 29.4 Å². The van der Waals surface area contributed by atoms with Crippen molar-refractivity contribution in [1.29, 1.82) is 0 Å². The lowest BCUT2D eigenvalue weighted by atomic mass is 9.95. The van der Waals surface area contributed by atoms with Crippen LogP contribution in [0.15, 0.2) is 48.7 Å². The van der Waals surface area contributed by atoms with E-state index < -0.39 is 0 Å². The fourth-order valence-electron chi connectivity index (χ4n) is 4.15. The van der Waals surface area contributed by atoms with Gasteiger partial charge in [-0.05, 0) is 49.2 Å². The summed E-state index contributed by atoms with van der Waals surface area (Å²) in [6, 6.07) is 12.6. The number of nitrogens with zero attached hydrogens (tertiary/aromatic N) is 1. The zero-order valence-corrected chi connectivity index (χ0v) is 19.4. The van der Waals surface area contributed by atoms with Gasteiger partial charge in [0.2, 0.25) is 11.8 Å². The first-order chi connectivity index (χ1) is 16.6. The Labute approximate surface area is 198 Å². The molecular weight excluding hydrogens is 434 g/mol. The highest BCUT2D eigenvalue weighted by Crippen LogP contribution is 2.37. The lowest BCUT2D eigenvalue weighted by molar-refractivity contribution is -0.127. The Morgan fingerprint density at radius 1 is 0.912 bits per heavy atom. The average molecular weight is 464 g/mol. The standard InChI is InChI=1S/C26H29N3O5/c1-32-23-14-20-21(15-24(23)33-2)27-13-12-22(20)34-19-10-8-18(9-11-19)29-26(31)16-25(30)28-17-6-4-3-5-7-17/h8-15,17H,3-7,16H2,1-2H3,(H,28,30)(H,29,31). The molecule has 0 saturated heterocycles. The summed E-state index contributed by atoms with van der Waals surface area (Å²) in [5.74, 6) is 1.80. The van der Waals surface area contributed by atoms with Crippen molar-refractivity contribution in [1.82, 2.24) is 10.3 Å². The van der Waals surface area contributed by atoms with E-state index in [2.05, 4.69) is 15.6 Å². The third-order valence-corrected chi connectivity index (χ3v) is 5.86. The monoisotopic (exact) mass is 463 g/mol. The molecule has 8 nitrogen and oxygen atoms in total. The predicted molar refractivity (Wildman–Crippen MR) is 130 cm³/mol. The van der Waals surface area contributed by atoms with E-state index in [0.29, 0.717) is 34.2 Å². The topological polar surface area (TPSA) is 98.8 Å². The smallest absolute Gasteiger partial charge is 0.233 e. The van der Waals surface area contributed by atoms with Crippen molar-refractivity contribution in [2.45, 2.75) is 44.6 Å². The highest BCUT2D eigenvalue weighted by Gasteiger charge is 2.17. The number of rotatable bonds is 8. The summed E-state index contributed by atoms with van der Waals surface area (Å²) in [5.41, 5.74) is 1.30. The van der Waals surface area contributed by atoms with Crippen LogP contribution in [-0.2, 0) is 9.59 Å². The largest absolute Gasteiger partial charge is 0.493 e. The summed E-state index contributed by atoms with van der Waals surface area (Å²) in [4.78, 5) is 28.8. The second-order valence-corrected chi connectivity index (χ2v) is 8.29. The Morgan fingerprint density at radius 2 is 1.62 bits per heavy atom. The van der Waals surface area contributed by atoms with E-state index in [4.69, 9.17) is 14.2 Å². The van der Waals surface area contributed by atoms with Crippen LogP contribution in [0.25, 0.3) is 10.9 Å². The van der Waals surface area contributed by atoms with E-state index in [0.717, 1.165) is 31.1 Å². The van der Waals surface area contributed by atoms with Gasteiger partial charge in [0.15, 0.2) is 11.5 Å². The van der Waals surface area contributed by atoms with Gasteiger partial charge in [-0.1, -0.05) is 19.3 Å². The molecule has 178 valence electrons. The van der Waals surface area contributed by atoms with Gasteiger partial charge in [0.25, 0.3) is 0 Å². The van der Waals surface area contributed by atoms with Gasteiger partial charge in [0.1, 0.15) is 17.9 Å². The van der Waals surface area contributed by atoms with E-state index >= 15 is 0 Å². The zero-order chi connectivity index (χ0) is 23.9. The summed E-state index contributed by atoms with van der Waals surface area (Å²) in [6.45, 7) is 0. The third-order valence-electron chi connectivity index (χ3n) is 5.86. The number of methoxy groups -OCH3 is 2. The number of anilines is 1. The van der Waals surface area contributed by atoms with Crippen LogP contribution in [0.3, 0.4) is 0 Å². The van der Waals surface area contributed by atoms with Crippen molar-refractivity contribution in [3.8, 4) is 23.0 Å². The SMILES string of the molecule is COc1cc2nccc(Oc3ccc(NC(=O)CC(=O)NC4CCCCC4)cc3)c2cc1OC. The molecule has 1 fully saturated rings. The van der Waals surface area contributed by atoms with Crippen LogP contribution in [0.1, 0.15) is 38.5 Å². The maximum Gasteiger partial charge on any atom is 0.233 e. The molecule has 0 spiro atoms. The lowest BCUT2D eigenvalue weighted by Crippen LogP contribution is -2.37. The normalized spacial score (nSPS) is 13.8. The number of pyridine rings is 1. The van der Waals surface area contributed by atoms with E-state index in [1.165, 1.54) is 6.42 Å². The van der Waals surface area contributed by atoms with Gasteiger partial charge >= 0.3 is 0 Å². The molecular formula is C26H29N3O5. The number of fused-ring (bicyclic) bond motifs is 1. The molecule has 1 aliphatic rings. The molecule has 2 amide bonds. The fourth-order valence-corrected chi connectivity index (χ4v) is 4.15. The number of carbonyl (C=O) groups excluding carboxylic acids is 2. The third kappa shape index (κ3) is 5.75. The average Bonchev–Trinajstić information content (AvgIpc) is 2.85. The second-order valence-electron chi connectivity index (χ2n) is 8.29. The maximum absolute atomic E-state index is 12.3. The molecule has 2 aromatic carbocycles. The van der Waals surface area contributed by atoms with Crippen LogP contribution in [0.2, 0.25) is 0 Å². The van der Waals surface area contributed by atoms with Crippen LogP contribution in [0.4, 0.5) is 5.69 Å². The molecule has 0 aliphatic heterocycles. The number of ether oxygens (including phenoxy) is 3. The molecule has 1 aromatic heterocycles. The minimum absolute atomic E-state index is 0.191. The van der Waals surface area contributed by atoms with Crippen LogP contribution in [-0.4, -0.2) is 37.1 Å². The Hall–Kier alpha value is -3.81. The summed E-state index contributed by atoms with van der Waals surface area (Å²) in [7, 11) is 3.15. The van der Waals surface area contributed by atoms with Gasteiger partial charge in [-0.3, -0.25) is 14.6 Å². The van der Waals surface area contributed by atoms with Gasteiger partial charge in [0.05, 0.1) is 19.7 Å². The van der Waals surface area contributed by atoms with Gasteiger partial charge in [-0.25, -0.2) is 0 Å². The molecule has 4 rings (SSSR count). The number of carbonyl (C=O) groups is 2. The van der Waals surface area contributed by atoms with Crippen LogP contribution < -0.4 is 24.8 Å². The van der Waals surface area contributed by atoms with Gasteiger partial charge < -0.3 is 24.8 Å². The summed E-state index contributed by atoms with van der Waals surface area (Å²) in [5, 5.41) is 6.50. The maximum atomic E-state index is 12.3. The van der Waals surface area contributed by atoms with Crippen molar-refractivity contribution in [2.24, 2.45) is 0 Å². The highest BCUT2D eigenvalue weighted by atomic mass is 16.5. The van der Waals surface area contributed by atoms with Crippen LogP contribution in [0, 0.1) is 0 Å². The second kappa shape index (κ2) is 10.9. The van der Waals surface area contributed by atoms with Crippen molar-refractivity contribution >= 4 is 28.4 Å². The summed E-state index contributed by atoms with van der Waals surface area (Å²) in [6.07, 6.45) is 6.92. The number of hydrogen-bond donors (Lipinski definition) is 2. The molecule has 3 aromatic rings. The lowest BCUT2D eigenvalue weighted by Gasteiger charge is -2.22. The van der Waals surface area contributed by atoms with Crippen molar-refractivity contribution in [2.75, 3.05) is 19.5 Å². The quantitative estimate of drug-likeness (QED) is 0.465. The minimum Gasteiger partial charge on any atom is -0.493 e. The first kappa shape index (κ1) is 23.4. The molecule has 0 atom stereocenters. The Bertz CT molecular complexity index is 1160. The summed E-state index contributed by atoms with van der Waals surface area (Å²) >= 11 is 0. The number of hydrogen-bond acceptors (Lipinski definition) is 6. The molecule has 1 aliphatic carbocycles. The molecule has 2 N–H and O–H groups in total. The summed E-state index contributed by atoms with van der Waals surface area (Å²) < 4.78 is 16.8. The van der Waals surface area contributed by atoms with Gasteiger partial charge in [-0.15, -0.1) is 0 Å². The molecule has 0 bridgehead atoms. The Kier molecular flexibility index (Phi) is 7.47. The number of benzene rings is 2. The number of nitrogens with one attached hydrogen (secondary N) is 2. The van der Waals surface area contributed by atoms with Crippen molar-refractivity contribution < 1.29 is 23.8 Å². The van der Waals surface area contributed by atoms with Crippen molar-refractivity contribution in [3.63, 3.8) is 0 Å². The first-order valence-electron chi connectivity index (χ1n) is 11.4. The van der Waals surface area contributed by atoms with Crippen LogP contribution in [0.5, 0.6) is 23.0 Å². The zero-order valence-electron chi connectivity index (χ0n) is 19.4. The molecule has 0 unspecified atom stereocenters. The molecule has 8 heteroatoms. The first-order valence-corrected chi connectivity index (χ1v) is 11.4. The van der Waals surface area contributed by atoms with Crippen LogP contribution >= 0.6 is 0 Å². The molecule has 34 heavy (non-hydrogen) atoms. The minimum atomic E-state index is -0.344. The Balaban J connectivity index is 1.37. The Morgan fingerprint density at radius 3 is 2.32 bits per heavy atom. The van der Waals surface area contributed by atoms with E-state index in [1.807, 2.05) is 6.07 Å². The number of aromatic nitrogens is 1. The molecule has 1 heterocycles. The number of amides is 2. The van der Waals surface area contributed by atoms with Crippen molar-refractivity contribution in [3.05, 3.63) is 48.7 Å². The molecule has 1 saturated carbocycles. The predicted octanol–water partition coefficient (Wildman–Crippen LogP) is 4.82. The highest BCUT2D eigenvalue weighted by molar-refractivity contribution is 6.03. The fraction of sp³-hybridized carbons (Fsp3) is 0.346. The van der Waals surface area contributed by atoms with Gasteiger partial charge in [-0.2, -0.15) is 0 Å².